The molecular weight excluding hydrogens is 354 g/mol. The minimum atomic E-state index is -0.0125. The van der Waals surface area contributed by atoms with E-state index in [1.54, 1.807) is 26.1 Å². The molecule has 1 atom stereocenters. The van der Waals surface area contributed by atoms with E-state index in [-0.39, 0.29) is 18.5 Å². The van der Waals surface area contributed by atoms with Gasteiger partial charge in [-0.05, 0) is 50.0 Å². The molecule has 0 spiro atoms. The number of ether oxygens (including phenoxy) is 1. The number of rotatable bonds is 9. The van der Waals surface area contributed by atoms with Crippen LogP contribution in [0.3, 0.4) is 0 Å². The summed E-state index contributed by atoms with van der Waals surface area (Å²) in [6, 6.07) is 8.50. The molecule has 0 bridgehead atoms. The molecule has 1 aliphatic heterocycles. The lowest BCUT2D eigenvalue weighted by molar-refractivity contribution is -0.127. The molecule has 1 aliphatic rings. The van der Waals surface area contributed by atoms with Gasteiger partial charge in [0.15, 0.2) is 5.96 Å². The molecule has 0 aromatic heterocycles. The lowest BCUT2D eigenvalue weighted by Crippen LogP contribution is -2.43. The number of aliphatic imine (C=N–C) groups is 1. The number of likely N-dealkylation sites (tertiary alicyclic amines) is 1. The maximum atomic E-state index is 11.9. The summed E-state index contributed by atoms with van der Waals surface area (Å²) in [5.74, 6) is 1.54. The van der Waals surface area contributed by atoms with Gasteiger partial charge in [-0.15, -0.1) is 0 Å². The second kappa shape index (κ2) is 11.5. The number of amides is 1. The van der Waals surface area contributed by atoms with Crippen molar-refractivity contribution in [3.8, 4) is 5.75 Å². The minimum absolute atomic E-state index is 0.0125. The number of carbonyl (C=O) groups excluding carboxylic acids is 1. The summed E-state index contributed by atoms with van der Waals surface area (Å²) in [5.41, 5.74) is 1.23. The van der Waals surface area contributed by atoms with Crippen molar-refractivity contribution >= 4 is 11.9 Å². The Balaban J connectivity index is 2.11. The molecule has 1 saturated heterocycles. The number of benzene rings is 1. The number of nitrogens with zero attached hydrogens (tertiary/aromatic N) is 3. The number of guanidine groups is 1. The topological polar surface area (TPSA) is 69.2 Å². The fourth-order valence-electron chi connectivity index (χ4n) is 3.26. The van der Waals surface area contributed by atoms with Gasteiger partial charge in [0, 0.05) is 27.2 Å². The maximum Gasteiger partial charge on any atom is 0.243 e. The standard InChI is InChI=1S/C21H35N5O2/c1-5-11-22-21(24-16-20(27)25(2)3)23-15-19(26-12-6-7-13-26)17-9-8-10-18(14-17)28-4/h8-10,14,19H,5-7,11-13,15-16H2,1-4H3,(H2,22,23,24). The Labute approximate surface area is 169 Å². The van der Waals surface area contributed by atoms with Gasteiger partial charge >= 0.3 is 0 Å². The predicted octanol–water partition coefficient (Wildman–Crippen LogP) is 1.87. The molecule has 2 N–H and O–H groups in total. The molecule has 1 amide bonds. The van der Waals surface area contributed by atoms with Crippen molar-refractivity contribution in [3.63, 3.8) is 0 Å². The molecule has 7 nitrogen and oxygen atoms in total. The van der Waals surface area contributed by atoms with E-state index < -0.39 is 0 Å². The molecule has 1 heterocycles. The van der Waals surface area contributed by atoms with E-state index in [1.807, 2.05) is 12.1 Å². The zero-order valence-electron chi connectivity index (χ0n) is 17.7. The molecule has 1 fully saturated rings. The second-order valence-corrected chi connectivity index (χ2v) is 7.30. The van der Waals surface area contributed by atoms with E-state index in [2.05, 4.69) is 39.6 Å². The monoisotopic (exact) mass is 389 g/mol. The summed E-state index contributed by atoms with van der Waals surface area (Å²) >= 11 is 0. The van der Waals surface area contributed by atoms with Crippen LogP contribution in [0.1, 0.15) is 37.8 Å². The van der Waals surface area contributed by atoms with Gasteiger partial charge < -0.3 is 20.3 Å². The van der Waals surface area contributed by atoms with Gasteiger partial charge in [0.25, 0.3) is 0 Å². The average molecular weight is 390 g/mol. The Morgan fingerprint density at radius 1 is 1.29 bits per heavy atom. The van der Waals surface area contributed by atoms with Gasteiger partial charge in [0.05, 0.1) is 13.2 Å². The molecule has 0 saturated carbocycles. The van der Waals surface area contributed by atoms with Crippen molar-refractivity contribution in [2.75, 3.05) is 53.9 Å². The lowest BCUT2D eigenvalue weighted by atomic mass is 10.1. The van der Waals surface area contributed by atoms with E-state index >= 15 is 0 Å². The number of hydrogen-bond donors (Lipinski definition) is 2. The first kappa shape index (κ1) is 22.0. The van der Waals surface area contributed by atoms with Crippen LogP contribution in [0.2, 0.25) is 0 Å². The van der Waals surface area contributed by atoms with Crippen LogP contribution < -0.4 is 15.4 Å². The van der Waals surface area contributed by atoms with Gasteiger partial charge in [0.1, 0.15) is 12.3 Å². The number of carbonyl (C=O) groups is 1. The van der Waals surface area contributed by atoms with Crippen LogP contribution in [-0.4, -0.2) is 75.6 Å². The van der Waals surface area contributed by atoms with Crippen LogP contribution >= 0.6 is 0 Å². The Hall–Kier alpha value is -2.28. The van der Waals surface area contributed by atoms with Gasteiger partial charge in [-0.25, -0.2) is 4.99 Å². The van der Waals surface area contributed by atoms with E-state index in [4.69, 9.17) is 4.74 Å². The Bertz CT molecular complexity index is 641. The highest BCUT2D eigenvalue weighted by Gasteiger charge is 2.24. The van der Waals surface area contributed by atoms with Crippen molar-refractivity contribution in [1.82, 2.24) is 20.4 Å². The largest absolute Gasteiger partial charge is 0.497 e. The third kappa shape index (κ3) is 6.71. The van der Waals surface area contributed by atoms with E-state index in [1.165, 1.54) is 18.4 Å². The molecule has 0 radical (unpaired) electrons. The van der Waals surface area contributed by atoms with Crippen LogP contribution in [0.4, 0.5) is 0 Å². The highest BCUT2D eigenvalue weighted by atomic mass is 16.5. The zero-order valence-corrected chi connectivity index (χ0v) is 17.7. The average Bonchev–Trinajstić information content (AvgIpc) is 3.23. The first-order valence-corrected chi connectivity index (χ1v) is 10.2. The fraction of sp³-hybridized carbons (Fsp3) is 0.619. The lowest BCUT2D eigenvalue weighted by Gasteiger charge is -2.29. The third-order valence-electron chi connectivity index (χ3n) is 4.94. The molecule has 1 aromatic rings. The maximum absolute atomic E-state index is 11.9. The number of nitrogens with one attached hydrogen (secondary N) is 2. The van der Waals surface area contributed by atoms with Gasteiger partial charge in [-0.1, -0.05) is 19.1 Å². The Morgan fingerprint density at radius 3 is 2.68 bits per heavy atom. The Morgan fingerprint density at radius 2 is 2.04 bits per heavy atom. The summed E-state index contributed by atoms with van der Waals surface area (Å²) in [6.07, 6.45) is 3.45. The number of likely N-dealkylation sites (N-methyl/N-ethyl adjacent to an activating group) is 1. The quantitative estimate of drug-likeness (QED) is 0.498. The smallest absolute Gasteiger partial charge is 0.243 e. The van der Waals surface area contributed by atoms with Crippen LogP contribution in [0.25, 0.3) is 0 Å². The summed E-state index contributed by atoms with van der Waals surface area (Å²) < 4.78 is 5.42. The molecule has 156 valence electrons. The van der Waals surface area contributed by atoms with Crippen molar-refractivity contribution < 1.29 is 9.53 Å². The van der Waals surface area contributed by atoms with Crippen molar-refractivity contribution in [3.05, 3.63) is 29.8 Å². The van der Waals surface area contributed by atoms with Gasteiger partial charge in [0.2, 0.25) is 5.91 Å². The molecule has 28 heavy (non-hydrogen) atoms. The normalized spacial score (nSPS) is 15.9. The van der Waals surface area contributed by atoms with Gasteiger partial charge in [-0.2, -0.15) is 0 Å². The van der Waals surface area contributed by atoms with Crippen LogP contribution in [-0.2, 0) is 4.79 Å². The van der Waals surface area contributed by atoms with Crippen molar-refractivity contribution in [2.24, 2.45) is 4.99 Å². The van der Waals surface area contributed by atoms with Crippen LogP contribution in [0, 0.1) is 0 Å². The highest BCUT2D eigenvalue weighted by Crippen LogP contribution is 2.27. The van der Waals surface area contributed by atoms with Gasteiger partial charge in [-0.3, -0.25) is 9.69 Å². The molecule has 1 unspecified atom stereocenters. The summed E-state index contributed by atoms with van der Waals surface area (Å²) in [4.78, 5) is 20.4. The number of methoxy groups -OCH3 is 1. The third-order valence-corrected chi connectivity index (χ3v) is 4.94. The highest BCUT2D eigenvalue weighted by molar-refractivity contribution is 5.84. The molecule has 1 aromatic carbocycles. The molecule has 7 heteroatoms. The van der Waals surface area contributed by atoms with E-state index in [9.17, 15) is 4.79 Å². The summed E-state index contributed by atoms with van der Waals surface area (Å²) in [7, 11) is 5.19. The molecule has 0 aliphatic carbocycles. The zero-order chi connectivity index (χ0) is 20.4. The second-order valence-electron chi connectivity index (χ2n) is 7.30. The summed E-state index contributed by atoms with van der Waals surface area (Å²) in [5, 5.41) is 6.76. The first-order valence-electron chi connectivity index (χ1n) is 10.2. The minimum Gasteiger partial charge on any atom is -0.497 e. The van der Waals surface area contributed by atoms with Crippen LogP contribution in [0.15, 0.2) is 29.3 Å². The van der Waals surface area contributed by atoms with Crippen LogP contribution in [0.5, 0.6) is 5.75 Å². The van der Waals surface area contributed by atoms with Crippen molar-refractivity contribution in [1.29, 1.82) is 0 Å². The first-order chi connectivity index (χ1) is 13.5. The van der Waals surface area contributed by atoms with Crippen molar-refractivity contribution in [2.45, 2.75) is 32.2 Å². The SMILES string of the molecule is CCCNC(=NCC(=O)N(C)C)NCC(c1cccc(OC)c1)N1CCCC1. The number of hydrogen-bond acceptors (Lipinski definition) is 4. The summed E-state index contributed by atoms with van der Waals surface area (Å²) in [6.45, 7) is 5.97. The molecule has 2 rings (SSSR count). The molecular formula is C21H35N5O2. The van der Waals surface area contributed by atoms with E-state index in [0.29, 0.717) is 5.96 Å². The van der Waals surface area contributed by atoms with E-state index in [0.717, 1.165) is 38.3 Å². The fourth-order valence-corrected chi connectivity index (χ4v) is 3.26. The Kier molecular flexibility index (Phi) is 9.07. The predicted molar refractivity (Wildman–Crippen MR) is 114 cm³/mol.